The van der Waals surface area contributed by atoms with E-state index in [9.17, 15) is 14.7 Å². The van der Waals surface area contributed by atoms with Crippen molar-refractivity contribution in [2.75, 3.05) is 11.5 Å². The van der Waals surface area contributed by atoms with Crippen molar-refractivity contribution in [2.24, 2.45) is 5.92 Å². The molecule has 0 aliphatic carbocycles. The first-order chi connectivity index (χ1) is 13.1. The van der Waals surface area contributed by atoms with Crippen LogP contribution in [0.25, 0.3) is 0 Å². The molecule has 28 heavy (non-hydrogen) atoms. The minimum absolute atomic E-state index is 0.193. The van der Waals surface area contributed by atoms with E-state index in [1.54, 1.807) is 0 Å². The predicted octanol–water partition coefficient (Wildman–Crippen LogP) is 5.75. The zero-order chi connectivity index (χ0) is 21.5. The molecule has 0 saturated carbocycles. The van der Waals surface area contributed by atoms with Gasteiger partial charge in [-0.05, 0) is 59.3 Å². The average Bonchev–Trinajstić information content (AvgIpc) is 2.56. The van der Waals surface area contributed by atoms with Crippen LogP contribution in [0.1, 0.15) is 73.6 Å². The fraction of sp³-hybridized carbons (Fsp3) is 0.652. The Labute approximate surface area is 175 Å². The molecule has 2 N–H and O–H groups in total. The van der Waals surface area contributed by atoms with E-state index in [4.69, 9.17) is 0 Å². The van der Waals surface area contributed by atoms with Crippen LogP contribution in [0.3, 0.4) is 0 Å². The molecule has 0 aromatic rings. The van der Waals surface area contributed by atoms with Crippen molar-refractivity contribution in [3.63, 3.8) is 0 Å². The number of hydrogen-bond acceptors (Lipinski definition) is 3. The van der Waals surface area contributed by atoms with Crippen LogP contribution in [0.5, 0.6) is 0 Å². The number of amides is 1. The van der Waals surface area contributed by atoms with Crippen molar-refractivity contribution < 1.29 is 14.7 Å². The fourth-order valence-electron chi connectivity index (χ4n) is 2.52. The van der Waals surface area contributed by atoms with Gasteiger partial charge < -0.3 is 10.4 Å². The summed E-state index contributed by atoms with van der Waals surface area (Å²) < 4.78 is 0. The minimum Gasteiger partial charge on any atom is -0.480 e. The van der Waals surface area contributed by atoms with Gasteiger partial charge >= 0.3 is 5.97 Å². The number of hydrogen-bond donors (Lipinski definition) is 2. The summed E-state index contributed by atoms with van der Waals surface area (Å²) in [5, 5.41) is 11.9. The molecule has 1 amide bonds. The van der Waals surface area contributed by atoms with Crippen molar-refractivity contribution in [1.29, 1.82) is 0 Å². The van der Waals surface area contributed by atoms with Gasteiger partial charge in [-0.25, -0.2) is 4.79 Å². The Morgan fingerprint density at radius 1 is 0.964 bits per heavy atom. The summed E-state index contributed by atoms with van der Waals surface area (Å²) in [5.74, 6) is 0.198. The van der Waals surface area contributed by atoms with Gasteiger partial charge in [0, 0.05) is 17.9 Å². The molecule has 0 unspecified atom stereocenters. The maximum atomic E-state index is 11.8. The van der Waals surface area contributed by atoms with Gasteiger partial charge in [0.25, 0.3) is 0 Å². The lowest BCUT2D eigenvalue weighted by atomic mass is 10.1. The molecule has 0 aliphatic rings. The number of thioether (sulfide) groups is 1. The van der Waals surface area contributed by atoms with Gasteiger partial charge in [-0.2, -0.15) is 11.8 Å². The highest BCUT2D eigenvalue weighted by molar-refractivity contribution is 7.99. The van der Waals surface area contributed by atoms with Crippen LogP contribution in [0.15, 0.2) is 34.9 Å². The molecule has 0 saturated heterocycles. The van der Waals surface area contributed by atoms with Gasteiger partial charge in [0.05, 0.1) is 0 Å². The average molecular weight is 410 g/mol. The molecule has 0 aromatic heterocycles. The largest absolute Gasteiger partial charge is 0.480 e. The van der Waals surface area contributed by atoms with Crippen LogP contribution in [0, 0.1) is 5.92 Å². The molecule has 0 aliphatic heterocycles. The first-order valence-electron chi connectivity index (χ1n) is 10.2. The summed E-state index contributed by atoms with van der Waals surface area (Å²) in [6.45, 7) is 12.4. The number of carbonyl (C=O) groups excluding carboxylic acids is 1. The highest BCUT2D eigenvalue weighted by atomic mass is 32.2. The second-order valence-corrected chi connectivity index (χ2v) is 9.13. The Kier molecular flexibility index (Phi) is 14.6. The van der Waals surface area contributed by atoms with Crippen LogP contribution in [0.4, 0.5) is 0 Å². The van der Waals surface area contributed by atoms with Crippen molar-refractivity contribution >= 4 is 23.6 Å². The van der Waals surface area contributed by atoms with E-state index < -0.39 is 12.0 Å². The summed E-state index contributed by atoms with van der Waals surface area (Å²) in [5.41, 5.74) is 4.12. The molecule has 0 rings (SSSR count). The normalized spacial score (nSPS) is 13.4. The highest BCUT2D eigenvalue weighted by Gasteiger charge is 2.19. The van der Waals surface area contributed by atoms with Crippen molar-refractivity contribution in [3.8, 4) is 0 Å². The monoisotopic (exact) mass is 409 g/mol. The Hall–Kier alpha value is -1.49. The number of nitrogens with one attached hydrogen (secondary N) is 1. The lowest BCUT2D eigenvalue weighted by molar-refractivity contribution is -0.141. The van der Waals surface area contributed by atoms with Crippen molar-refractivity contribution in [3.05, 3.63) is 34.9 Å². The highest BCUT2D eigenvalue weighted by Crippen LogP contribution is 2.13. The lowest BCUT2D eigenvalue weighted by Crippen LogP contribution is -2.43. The molecule has 0 spiro atoms. The summed E-state index contributed by atoms with van der Waals surface area (Å²) in [6, 6.07) is -0.823. The van der Waals surface area contributed by atoms with Crippen LogP contribution in [0.2, 0.25) is 0 Å². The van der Waals surface area contributed by atoms with E-state index >= 15 is 0 Å². The Bertz CT molecular complexity index is 572. The number of carbonyl (C=O) groups is 2. The maximum Gasteiger partial charge on any atom is 0.327 e. The first kappa shape index (κ1) is 26.5. The molecule has 160 valence electrons. The third kappa shape index (κ3) is 15.6. The Balaban J connectivity index is 4.19. The van der Waals surface area contributed by atoms with Gasteiger partial charge in [0.15, 0.2) is 0 Å². The number of aliphatic carboxylic acids is 1. The van der Waals surface area contributed by atoms with Crippen molar-refractivity contribution in [1.82, 2.24) is 5.32 Å². The minimum atomic E-state index is -0.973. The molecular weight excluding hydrogens is 370 g/mol. The molecule has 4 nitrogen and oxygen atoms in total. The van der Waals surface area contributed by atoms with E-state index in [0.29, 0.717) is 12.2 Å². The number of allylic oxidation sites excluding steroid dienone is 5. The van der Waals surface area contributed by atoms with E-state index in [1.807, 2.05) is 13.8 Å². The fourth-order valence-corrected chi connectivity index (χ4v) is 3.52. The summed E-state index contributed by atoms with van der Waals surface area (Å²) in [6.07, 6.45) is 11.4. The number of carboxylic acid groups (broad SMARTS) is 1. The third-order valence-corrected chi connectivity index (χ3v) is 5.16. The first-order valence-corrected chi connectivity index (χ1v) is 11.3. The standard InChI is InChI=1S/C23H39NO3S/c1-17(2)9-7-10-19(5)11-8-12-20(6)13-14-28-16-21(23(26)27)24-22(25)15-18(3)4/h9,11,13,18,21H,7-8,10,12,14-16H2,1-6H3,(H,24,25)(H,26,27)/t21-/m0/s1. The van der Waals surface area contributed by atoms with Gasteiger partial charge in [0.1, 0.15) is 6.04 Å². The van der Waals surface area contributed by atoms with Crippen LogP contribution < -0.4 is 5.32 Å². The SMILES string of the molecule is CC(C)=CCCC(C)=CCCC(C)=CCSC[C@H](NC(=O)CC(C)C)C(=O)O. The van der Waals surface area contributed by atoms with Crippen LogP contribution >= 0.6 is 11.8 Å². The number of rotatable bonds is 14. The second-order valence-electron chi connectivity index (χ2n) is 8.05. The van der Waals surface area contributed by atoms with Crippen LogP contribution in [-0.4, -0.2) is 34.5 Å². The zero-order valence-corrected chi connectivity index (χ0v) is 19.3. The van der Waals surface area contributed by atoms with Gasteiger partial charge in [-0.3, -0.25) is 4.79 Å². The van der Waals surface area contributed by atoms with E-state index in [1.165, 1.54) is 28.5 Å². The molecule has 0 heterocycles. The van der Waals surface area contributed by atoms with Crippen molar-refractivity contribution in [2.45, 2.75) is 79.7 Å². The third-order valence-electron chi connectivity index (χ3n) is 4.18. The smallest absolute Gasteiger partial charge is 0.327 e. The molecule has 0 fully saturated rings. The molecule has 1 atom stereocenters. The molecular formula is C23H39NO3S. The van der Waals surface area contributed by atoms with E-state index in [0.717, 1.165) is 31.4 Å². The quantitative estimate of drug-likeness (QED) is 0.283. The number of carboxylic acids is 1. The molecule has 5 heteroatoms. The molecule has 0 radical (unpaired) electrons. The zero-order valence-electron chi connectivity index (χ0n) is 18.5. The lowest BCUT2D eigenvalue weighted by Gasteiger charge is -2.14. The van der Waals surface area contributed by atoms with Crippen LogP contribution in [-0.2, 0) is 9.59 Å². The molecule has 0 aromatic carbocycles. The summed E-state index contributed by atoms with van der Waals surface area (Å²) in [7, 11) is 0. The summed E-state index contributed by atoms with van der Waals surface area (Å²) in [4.78, 5) is 23.1. The van der Waals surface area contributed by atoms with Gasteiger partial charge in [0.2, 0.25) is 5.91 Å². The topological polar surface area (TPSA) is 66.4 Å². The van der Waals surface area contributed by atoms with E-state index in [-0.39, 0.29) is 11.8 Å². The second kappa shape index (κ2) is 15.4. The maximum absolute atomic E-state index is 11.8. The Morgan fingerprint density at radius 2 is 1.54 bits per heavy atom. The van der Waals surface area contributed by atoms with Gasteiger partial charge in [-0.15, -0.1) is 0 Å². The Morgan fingerprint density at radius 3 is 2.07 bits per heavy atom. The summed E-state index contributed by atoms with van der Waals surface area (Å²) >= 11 is 1.54. The van der Waals surface area contributed by atoms with E-state index in [2.05, 4.69) is 51.2 Å². The van der Waals surface area contributed by atoms with Gasteiger partial charge in [-0.1, -0.05) is 48.8 Å². The molecule has 0 bridgehead atoms. The predicted molar refractivity (Wildman–Crippen MR) is 122 cm³/mol.